The third-order valence-corrected chi connectivity index (χ3v) is 8.51. The number of hydrogen-bond donors (Lipinski definition) is 1. The molecular formula is C30H33BrN4OS+2. The Kier molecular flexibility index (Phi) is 8.13. The summed E-state index contributed by atoms with van der Waals surface area (Å²) >= 11 is 5.23. The smallest absolute Gasteiger partial charge is 0.213 e. The van der Waals surface area contributed by atoms with Gasteiger partial charge in [-0.05, 0) is 29.8 Å². The molecule has 1 atom stereocenters. The molecule has 7 heteroatoms. The van der Waals surface area contributed by atoms with Crippen LogP contribution in [0.25, 0.3) is 17.0 Å². The molecule has 0 saturated carbocycles. The Morgan fingerprint density at radius 2 is 1.76 bits per heavy atom. The van der Waals surface area contributed by atoms with E-state index in [4.69, 9.17) is 0 Å². The van der Waals surface area contributed by atoms with Gasteiger partial charge in [0.15, 0.2) is 25.1 Å². The normalized spacial score (nSPS) is 14.8. The highest BCUT2D eigenvalue weighted by Crippen LogP contribution is 2.46. The van der Waals surface area contributed by atoms with Crippen LogP contribution in [0.4, 0.5) is 11.4 Å². The van der Waals surface area contributed by atoms with E-state index in [0.717, 1.165) is 25.0 Å². The predicted molar refractivity (Wildman–Crippen MR) is 157 cm³/mol. The van der Waals surface area contributed by atoms with E-state index in [0.29, 0.717) is 11.9 Å². The van der Waals surface area contributed by atoms with Gasteiger partial charge in [-0.25, -0.2) is 4.57 Å². The number of aryl methyl sites for hydroxylation is 1. The molecule has 0 fully saturated rings. The van der Waals surface area contributed by atoms with Crippen molar-refractivity contribution in [3.63, 3.8) is 0 Å². The Labute approximate surface area is 231 Å². The SMILES string of the molecule is CN(C)c1cc[n+](CCCN2/C(=C/c3cc[n+](CC(O)CBr)c4ccccc34)Sc3ccccc32)cc1. The van der Waals surface area contributed by atoms with Crippen LogP contribution in [0.5, 0.6) is 0 Å². The van der Waals surface area contributed by atoms with Gasteiger partial charge in [-0.3, -0.25) is 0 Å². The van der Waals surface area contributed by atoms with Gasteiger partial charge in [0.25, 0.3) is 0 Å². The van der Waals surface area contributed by atoms with Gasteiger partial charge < -0.3 is 14.9 Å². The lowest BCUT2D eigenvalue weighted by Crippen LogP contribution is -2.41. The molecule has 5 nitrogen and oxygen atoms in total. The maximum atomic E-state index is 10.2. The van der Waals surface area contributed by atoms with Gasteiger partial charge in [0.2, 0.25) is 5.52 Å². The van der Waals surface area contributed by atoms with Crippen molar-refractivity contribution in [3.05, 3.63) is 95.9 Å². The van der Waals surface area contributed by atoms with E-state index in [9.17, 15) is 5.11 Å². The Morgan fingerprint density at radius 3 is 2.54 bits per heavy atom. The zero-order valence-corrected chi connectivity index (χ0v) is 23.7. The molecule has 0 radical (unpaired) electrons. The van der Waals surface area contributed by atoms with Crippen LogP contribution < -0.4 is 18.9 Å². The topological polar surface area (TPSA) is 34.5 Å². The van der Waals surface area contributed by atoms with E-state index in [1.165, 1.54) is 32.2 Å². The minimum atomic E-state index is -0.426. The fraction of sp³-hybridized carbons (Fsp3) is 0.267. The summed E-state index contributed by atoms with van der Waals surface area (Å²) in [6.07, 6.45) is 9.35. The number of benzene rings is 2. The summed E-state index contributed by atoms with van der Waals surface area (Å²) in [7, 11) is 4.14. The van der Waals surface area contributed by atoms with Gasteiger partial charge >= 0.3 is 0 Å². The molecule has 0 aliphatic carbocycles. The quantitative estimate of drug-likeness (QED) is 0.218. The van der Waals surface area contributed by atoms with Gasteiger partial charge in [0.1, 0.15) is 12.6 Å². The third-order valence-electron chi connectivity index (χ3n) is 6.65. The fourth-order valence-electron chi connectivity index (χ4n) is 4.70. The van der Waals surface area contributed by atoms with Crippen LogP contribution >= 0.6 is 27.7 Å². The number of halogens is 1. The number of fused-ring (bicyclic) bond motifs is 2. The van der Waals surface area contributed by atoms with Crippen molar-refractivity contribution in [2.24, 2.45) is 0 Å². The van der Waals surface area contributed by atoms with Gasteiger partial charge in [-0.15, -0.1) is 0 Å². The Morgan fingerprint density at radius 1 is 1.00 bits per heavy atom. The standard InChI is InChI=1S/C30H33BrN4OS/c1-32(2)24-13-17-33(18-14-24)15-7-16-35-28-10-5-6-11-29(28)37-30(35)20-23-12-19-34(22-25(36)21-31)27-9-4-3-8-26(23)27/h3-6,8-14,17-20,25,36H,7,15-16,21-22H2,1-2H3/q+2. The van der Waals surface area contributed by atoms with Crippen LogP contribution in [0.2, 0.25) is 0 Å². The van der Waals surface area contributed by atoms with Crippen molar-refractivity contribution < 1.29 is 14.2 Å². The molecule has 190 valence electrons. The molecule has 2 aromatic heterocycles. The van der Waals surface area contributed by atoms with E-state index in [2.05, 4.69) is 140 Å². The first kappa shape index (κ1) is 25.8. The molecule has 1 aliphatic heterocycles. The highest BCUT2D eigenvalue weighted by molar-refractivity contribution is 9.09. The van der Waals surface area contributed by atoms with Crippen molar-refractivity contribution in [2.75, 3.05) is 35.8 Å². The van der Waals surface area contributed by atoms with E-state index < -0.39 is 6.10 Å². The van der Waals surface area contributed by atoms with Crippen LogP contribution in [-0.4, -0.2) is 37.2 Å². The Balaban J connectivity index is 1.41. The van der Waals surface area contributed by atoms with Crippen molar-refractivity contribution in [1.29, 1.82) is 0 Å². The van der Waals surface area contributed by atoms with Gasteiger partial charge in [-0.2, -0.15) is 4.57 Å². The monoisotopic (exact) mass is 576 g/mol. The minimum Gasteiger partial charge on any atom is -0.386 e. The minimum absolute atomic E-state index is 0.426. The number of nitrogens with zero attached hydrogens (tertiary/aromatic N) is 4. The molecule has 1 aliphatic rings. The molecule has 0 bridgehead atoms. The Bertz CT molecular complexity index is 1410. The van der Waals surface area contributed by atoms with Crippen molar-refractivity contribution >= 4 is 56.0 Å². The van der Waals surface area contributed by atoms with Crippen LogP contribution in [0.15, 0.2) is 95.2 Å². The second kappa shape index (κ2) is 11.7. The van der Waals surface area contributed by atoms with Crippen LogP contribution in [0, 0.1) is 0 Å². The number of alkyl halides is 1. The lowest BCUT2D eigenvalue weighted by Gasteiger charge is -2.20. The number of para-hydroxylation sites is 2. The molecular weight excluding hydrogens is 544 g/mol. The molecule has 1 N–H and O–H groups in total. The van der Waals surface area contributed by atoms with Gasteiger partial charge in [0, 0.05) is 67.2 Å². The number of rotatable bonds is 9. The highest BCUT2D eigenvalue weighted by atomic mass is 79.9. The molecule has 0 amide bonds. The first-order valence-electron chi connectivity index (χ1n) is 12.6. The maximum absolute atomic E-state index is 10.2. The van der Waals surface area contributed by atoms with E-state index in [1.54, 1.807) is 0 Å². The highest BCUT2D eigenvalue weighted by Gasteiger charge is 2.25. The zero-order chi connectivity index (χ0) is 25.8. The number of anilines is 2. The second-order valence-electron chi connectivity index (χ2n) is 9.49. The van der Waals surface area contributed by atoms with Crippen molar-refractivity contribution in [3.8, 4) is 0 Å². The summed E-state index contributed by atoms with van der Waals surface area (Å²) < 4.78 is 4.40. The number of hydrogen-bond acceptors (Lipinski definition) is 4. The number of aromatic nitrogens is 2. The molecule has 5 rings (SSSR count). The summed E-state index contributed by atoms with van der Waals surface area (Å²) in [5.41, 5.74) is 4.81. The average molecular weight is 578 g/mol. The zero-order valence-electron chi connectivity index (χ0n) is 21.3. The Hall–Kier alpha value is -2.87. The van der Waals surface area contributed by atoms with Gasteiger partial charge in [-0.1, -0.05) is 52.0 Å². The maximum Gasteiger partial charge on any atom is 0.213 e. The van der Waals surface area contributed by atoms with E-state index in [1.807, 2.05) is 11.8 Å². The largest absolute Gasteiger partial charge is 0.386 e. The summed E-state index contributed by atoms with van der Waals surface area (Å²) in [4.78, 5) is 5.88. The number of aliphatic hydroxyl groups is 1. The predicted octanol–water partition coefficient (Wildman–Crippen LogP) is 5.24. The molecule has 0 saturated heterocycles. The summed E-state index contributed by atoms with van der Waals surface area (Å²) in [6, 6.07) is 23.6. The second-order valence-corrected chi connectivity index (χ2v) is 11.2. The van der Waals surface area contributed by atoms with Gasteiger partial charge in [0.05, 0.1) is 16.1 Å². The lowest BCUT2D eigenvalue weighted by atomic mass is 10.1. The average Bonchev–Trinajstić information content (AvgIpc) is 3.27. The fourth-order valence-corrected chi connectivity index (χ4v) is 6.05. The summed E-state index contributed by atoms with van der Waals surface area (Å²) in [5.74, 6) is 0. The number of pyridine rings is 2. The molecule has 2 aromatic carbocycles. The van der Waals surface area contributed by atoms with E-state index in [-0.39, 0.29) is 0 Å². The molecule has 4 aromatic rings. The molecule has 3 heterocycles. The molecule has 1 unspecified atom stereocenters. The first-order chi connectivity index (χ1) is 18.0. The number of thioether (sulfide) groups is 1. The van der Waals surface area contributed by atoms with Crippen LogP contribution in [0.3, 0.4) is 0 Å². The van der Waals surface area contributed by atoms with E-state index >= 15 is 0 Å². The summed E-state index contributed by atoms with van der Waals surface area (Å²) in [5, 5.41) is 13.2. The molecule has 0 spiro atoms. The summed E-state index contributed by atoms with van der Waals surface area (Å²) in [6.45, 7) is 2.47. The van der Waals surface area contributed by atoms with Crippen LogP contribution in [0.1, 0.15) is 12.0 Å². The van der Waals surface area contributed by atoms with Crippen molar-refractivity contribution in [1.82, 2.24) is 0 Å². The lowest BCUT2D eigenvalue weighted by molar-refractivity contribution is -0.697. The molecule has 37 heavy (non-hydrogen) atoms. The third kappa shape index (κ3) is 5.84. The van der Waals surface area contributed by atoms with Crippen LogP contribution in [-0.2, 0) is 13.1 Å². The first-order valence-corrected chi connectivity index (χ1v) is 14.5. The number of aliphatic hydroxyl groups excluding tert-OH is 1. The van der Waals surface area contributed by atoms with Crippen molar-refractivity contribution in [2.45, 2.75) is 30.5 Å².